The number of carbonyl (C=O) groups is 2. The molecule has 1 aromatic heterocycles. The molecule has 1 aliphatic rings. The molecule has 2 N–H and O–H groups in total. The molecule has 0 spiro atoms. The van der Waals surface area contributed by atoms with Gasteiger partial charge in [0, 0.05) is 24.1 Å². The van der Waals surface area contributed by atoms with Crippen LogP contribution in [0.2, 0.25) is 0 Å². The third-order valence-electron chi connectivity index (χ3n) is 3.77. The molecule has 0 aliphatic carbocycles. The lowest BCUT2D eigenvalue weighted by Gasteiger charge is -2.11. The summed E-state index contributed by atoms with van der Waals surface area (Å²) in [6, 6.07) is 12.4. The van der Waals surface area contributed by atoms with Crippen LogP contribution in [0.4, 0.5) is 5.69 Å². The lowest BCUT2D eigenvalue weighted by molar-refractivity contribution is -0.124. The fourth-order valence-corrected chi connectivity index (χ4v) is 2.52. The third kappa shape index (κ3) is 4.17. The molecule has 1 fully saturated rings. The molecule has 0 saturated carbocycles. The van der Waals surface area contributed by atoms with Crippen molar-refractivity contribution in [3.05, 3.63) is 59.9 Å². The molecular formula is C18H19N3O3. The van der Waals surface area contributed by atoms with Crippen LogP contribution < -0.4 is 10.6 Å². The number of nitrogens with zero attached hydrogens (tertiary/aromatic N) is 1. The van der Waals surface area contributed by atoms with E-state index < -0.39 is 6.10 Å². The first-order chi connectivity index (χ1) is 11.7. The summed E-state index contributed by atoms with van der Waals surface area (Å²) in [7, 11) is 0. The molecule has 1 atom stereocenters. The van der Waals surface area contributed by atoms with Crippen molar-refractivity contribution in [3.8, 4) is 0 Å². The second-order valence-electron chi connectivity index (χ2n) is 5.58. The molecule has 2 aromatic rings. The van der Waals surface area contributed by atoms with Gasteiger partial charge in [-0.3, -0.25) is 14.6 Å². The monoisotopic (exact) mass is 325 g/mol. The average Bonchev–Trinajstić information content (AvgIpc) is 3.15. The number of nitrogens with one attached hydrogen (secondary N) is 2. The van der Waals surface area contributed by atoms with Gasteiger partial charge >= 0.3 is 0 Å². The molecule has 2 amide bonds. The van der Waals surface area contributed by atoms with E-state index in [4.69, 9.17) is 4.74 Å². The zero-order valence-electron chi connectivity index (χ0n) is 13.2. The molecule has 6 nitrogen and oxygen atoms in total. The number of aromatic nitrogens is 1. The van der Waals surface area contributed by atoms with Crippen LogP contribution in [0.15, 0.2) is 48.7 Å². The van der Waals surface area contributed by atoms with Gasteiger partial charge in [0.1, 0.15) is 6.10 Å². The van der Waals surface area contributed by atoms with Gasteiger partial charge in [-0.25, -0.2) is 0 Å². The number of amides is 2. The molecule has 1 saturated heterocycles. The number of hydrogen-bond donors (Lipinski definition) is 2. The maximum atomic E-state index is 12.2. The predicted molar refractivity (Wildman–Crippen MR) is 89.5 cm³/mol. The molecule has 0 radical (unpaired) electrons. The van der Waals surface area contributed by atoms with E-state index in [1.807, 2.05) is 18.2 Å². The van der Waals surface area contributed by atoms with Gasteiger partial charge in [-0.15, -0.1) is 0 Å². The number of benzene rings is 1. The van der Waals surface area contributed by atoms with Crippen LogP contribution in [0.3, 0.4) is 0 Å². The Labute approximate surface area is 140 Å². The largest absolute Gasteiger partial charge is 0.368 e. The van der Waals surface area contributed by atoms with Crippen LogP contribution in [0.25, 0.3) is 0 Å². The number of hydrogen-bond acceptors (Lipinski definition) is 4. The third-order valence-corrected chi connectivity index (χ3v) is 3.77. The molecule has 1 aliphatic heterocycles. The lowest BCUT2D eigenvalue weighted by Crippen LogP contribution is -2.27. The van der Waals surface area contributed by atoms with Crippen molar-refractivity contribution < 1.29 is 14.3 Å². The average molecular weight is 325 g/mol. The first kappa shape index (κ1) is 16.1. The van der Waals surface area contributed by atoms with Crippen LogP contribution in [0, 0.1) is 0 Å². The van der Waals surface area contributed by atoms with Gasteiger partial charge in [-0.05, 0) is 43.2 Å². The fraction of sp³-hybridized carbons (Fsp3) is 0.278. The Morgan fingerprint density at radius 3 is 2.88 bits per heavy atom. The molecule has 2 heterocycles. The van der Waals surface area contributed by atoms with E-state index in [0.29, 0.717) is 24.4 Å². The lowest BCUT2D eigenvalue weighted by atomic mass is 10.1. The van der Waals surface area contributed by atoms with Crippen molar-refractivity contribution in [1.29, 1.82) is 0 Å². The first-order valence-electron chi connectivity index (χ1n) is 7.93. The van der Waals surface area contributed by atoms with Crippen LogP contribution in [-0.2, 0) is 16.1 Å². The Kier molecular flexibility index (Phi) is 5.18. The molecule has 0 bridgehead atoms. The maximum absolute atomic E-state index is 12.2. The number of pyridine rings is 1. The highest BCUT2D eigenvalue weighted by Crippen LogP contribution is 2.16. The van der Waals surface area contributed by atoms with Crippen molar-refractivity contribution in [1.82, 2.24) is 10.3 Å². The van der Waals surface area contributed by atoms with E-state index in [0.717, 1.165) is 18.5 Å². The summed E-state index contributed by atoms with van der Waals surface area (Å²) in [5.41, 5.74) is 1.85. The molecule has 3 rings (SSSR count). The quantitative estimate of drug-likeness (QED) is 0.882. The van der Waals surface area contributed by atoms with E-state index in [1.165, 1.54) is 0 Å². The summed E-state index contributed by atoms with van der Waals surface area (Å²) in [4.78, 5) is 28.5. The number of rotatable bonds is 5. The Bertz CT molecular complexity index is 712. The second kappa shape index (κ2) is 7.70. The Balaban J connectivity index is 1.59. The van der Waals surface area contributed by atoms with Gasteiger partial charge in [0.05, 0.1) is 12.2 Å². The van der Waals surface area contributed by atoms with Crippen LogP contribution in [-0.4, -0.2) is 29.5 Å². The Morgan fingerprint density at radius 1 is 1.21 bits per heavy atom. The topological polar surface area (TPSA) is 80.3 Å². The van der Waals surface area contributed by atoms with Gasteiger partial charge in [0.2, 0.25) is 0 Å². The maximum Gasteiger partial charge on any atom is 0.253 e. The van der Waals surface area contributed by atoms with E-state index in [-0.39, 0.29) is 11.8 Å². The van der Waals surface area contributed by atoms with Gasteiger partial charge in [0.25, 0.3) is 11.8 Å². The Morgan fingerprint density at radius 2 is 2.12 bits per heavy atom. The second-order valence-corrected chi connectivity index (χ2v) is 5.58. The zero-order valence-corrected chi connectivity index (χ0v) is 13.2. The van der Waals surface area contributed by atoms with E-state index in [9.17, 15) is 9.59 Å². The summed E-state index contributed by atoms with van der Waals surface area (Å²) < 4.78 is 5.35. The van der Waals surface area contributed by atoms with E-state index in [2.05, 4.69) is 15.6 Å². The van der Waals surface area contributed by atoms with Crippen molar-refractivity contribution in [3.63, 3.8) is 0 Å². The zero-order chi connectivity index (χ0) is 16.8. The smallest absolute Gasteiger partial charge is 0.253 e. The fourth-order valence-electron chi connectivity index (χ4n) is 2.52. The van der Waals surface area contributed by atoms with Crippen molar-refractivity contribution in [2.75, 3.05) is 11.9 Å². The number of carbonyl (C=O) groups excluding carboxylic acids is 2. The Hall–Kier alpha value is -2.73. The minimum atomic E-state index is -0.397. The van der Waals surface area contributed by atoms with Gasteiger partial charge in [-0.2, -0.15) is 0 Å². The normalized spacial score (nSPS) is 16.6. The number of anilines is 1. The molecule has 124 valence electrons. The highest BCUT2D eigenvalue weighted by Gasteiger charge is 2.23. The molecule has 24 heavy (non-hydrogen) atoms. The molecule has 1 aromatic carbocycles. The summed E-state index contributed by atoms with van der Waals surface area (Å²) >= 11 is 0. The van der Waals surface area contributed by atoms with Gasteiger partial charge in [0.15, 0.2) is 0 Å². The minimum Gasteiger partial charge on any atom is -0.368 e. The molecule has 1 unspecified atom stereocenters. The molecular weight excluding hydrogens is 306 g/mol. The summed E-state index contributed by atoms with van der Waals surface area (Å²) in [6.07, 6.45) is 2.92. The van der Waals surface area contributed by atoms with Crippen molar-refractivity contribution >= 4 is 17.5 Å². The highest BCUT2D eigenvalue weighted by atomic mass is 16.5. The van der Waals surface area contributed by atoms with E-state index >= 15 is 0 Å². The minimum absolute atomic E-state index is 0.168. The highest BCUT2D eigenvalue weighted by molar-refractivity contribution is 5.98. The van der Waals surface area contributed by atoms with Crippen LogP contribution in [0.5, 0.6) is 0 Å². The van der Waals surface area contributed by atoms with Crippen LogP contribution >= 0.6 is 0 Å². The first-order valence-corrected chi connectivity index (χ1v) is 7.93. The SMILES string of the molecule is O=C(NCc1ccccn1)c1cccc(NC(=O)C2CCCO2)c1. The summed E-state index contributed by atoms with van der Waals surface area (Å²) in [6.45, 7) is 0.972. The molecule has 6 heteroatoms. The van der Waals surface area contributed by atoms with Gasteiger partial charge < -0.3 is 15.4 Å². The van der Waals surface area contributed by atoms with Gasteiger partial charge in [-0.1, -0.05) is 12.1 Å². The van der Waals surface area contributed by atoms with E-state index in [1.54, 1.807) is 30.5 Å². The standard InChI is InChI=1S/C18H19N3O3/c22-17(20-12-15-6-1-2-9-19-15)13-5-3-7-14(11-13)21-18(23)16-8-4-10-24-16/h1-3,5-7,9,11,16H,4,8,10,12H2,(H,20,22)(H,21,23). The van der Waals surface area contributed by atoms with Crippen molar-refractivity contribution in [2.24, 2.45) is 0 Å². The van der Waals surface area contributed by atoms with Crippen LogP contribution in [0.1, 0.15) is 28.9 Å². The van der Waals surface area contributed by atoms with Crippen molar-refractivity contribution in [2.45, 2.75) is 25.5 Å². The number of ether oxygens (including phenoxy) is 1. The predicted octanol–water partition coefficient (Wildman–Crippen LogP) is 2.13. The summed E-state index contributed by atoms with van der Waals surface area (Å²) in [5.74, 6) is -0.382. The summed E-state index contributed by atoms with van der Waals surface area (Å²) in [5, 5.41) is 5.61.